The molecule has 2 N–H and O–H groups in total. The minimum Gasteiger partial charge on any atom is -0.330 e. The highest BCUT2D eigenvalue weighted by Gasteiger charge is 2.25. The third kappa shape index (κ3) is 3.10. The van der Waals surface area contributed by atoms with E-state index in [-0.39, 0.29) is 11.8 Å². The predicted octanol–water partition coefficient (Wildman–Crippen LogP) is 4.56. The zero-order valence-corrected chi connectivity index (χ0v) is 12.6. The Bertz CT molecular complexity index is 637. The van der Waals surface area contributed by atoms with Crippen molar-refractivity contribution in [1.29, 1.82) is 0 Å². The second kappa shape index (κ2) is 7.06. The summed E-state index contributed by atoms with van der Waals surface area (Å²) < 4.78 is 0. The van der Waals surface area contributed by atoms with Crippen LogP contribution in [0, 0.1) is 0 Å². The Labute approximate surface area is 132 Å². The molecule has 1 unspecified atom stereocenters. The molecule has 3 aromatic rings. The molecule has 0 aromatic heterocycles. The summed E-state index contributed by atoms with van der Waals surface area (Å²) in [5.41, 5.74) is 10.1. The molecule has 22 heavy (non-hydrogen) atoms. The molecule has 0 saturated carbocycles. The second-order valence-electron chi connectivity index (χ2n) is 5.55. The third-order valence-corrected chi connectivity index (χ3v) is 4.20. The quantitative estimate of drug-likeness (QED) is 0.731. The van der Waals surface area contributed by atoms with Crippen LogP contribution in [0.25, 0.3) is 0 Å². The van der Waals surface area contributed by atoms with E-state index in [0.717, 1.165) is 0 Å². The van der Waals surface area contributed by atoms with Crippen molar-refractivity contribution >= 4 is 0 Å². The number of hydrogen-bond donors (Lipinski definition) is 1. The van der Waals surface area contributed by atoms with Crippen molar-refractivity contribution in [2.24, 2.45) is 5.73 Å². The maximum atomic E-state index is 6.18. The van der Waals surface area contributed by atoms with Crippen molar-refractivity contribution < 1.29 is 0 Å². The van der Waals surface area contributed by atoms with Gasteiger partial charge in [-0.2, -0.15) is 0 Å². The van der Waals surface area contributed by atoms with Gasteiger partial charge >= 0.3 is 0 Å². The van der Waals surface area contributed by atoms with Gasteiger partial charge in [0, 0.05) is 18.4 Å². The molecule has 110 valence electrons. The summed E-state index contributed by atoms with van der Waals surface area (Å²) in [5, 5.41) is 0. The number of hydrogen-bond acceptors (Lipinski definition) is 1. The molecule has 0 fully saturated rings. The summed E-state index contributed by atoms with van der Waals surface area (Å²) in [5.74, 6) is 0.542. The fraction of sp³-hybridized carbons (Fsp3) is 0.143. The Morgan fingerprint density at radius 1 is 0.545 bits per heavy atom. The first-order valence-corrected chi connectivity index (χ1v) is 7.75. The molecule has 0 aliphatic heterocycles. The molecule has 3 aromatic carbocycles. The van der Waals surface area contributed by atoms with Gasteiger partial charge in [-0.25, -0.2) is 0 Å². The van der Waals surface area contributed by atoms with Crippen LogP contribution in [0.3, 0.4) is 0 Å². The zero-order chi connectivity index (χ0) is 15.2. The summed E-state index contributed by atoms with van der Waals surface area (Å²) in [6.45, 7) is 0.623. The van der Waals surface area contributed by atoms with E-state index in [2.05, 4.69) is 91.0 Å². The maximum absolute atomic E-state index is 6.18. The van der Waals surface area contributed by atoms with Crippen LogP contribution in [-0.4, -0.2) is 6.54 Å². The topological polar surface area (TPSA) is 26.0 Å². The Morgan fingerprint density at radius 2 is 0.909 bits per heavy atom. The lowest BCUT2D eigenvalue weighted by Gasteiger charge is -2.27. The summed E-state index contributed by atoms with van der Waals surface area (Å²) in [6.07, 6.45) is 0. The minimum absolute atomic E-state index is 0.269. The molecule has 0 spiro atoms. The molecule has 1 nitrogen and oxygen atoms in total. The largest absolute Gasteiger partial charge is 0.330 e. The van der Waals surface area contributed by atoms with Gasteiger partial charge in [-0.05, 0) is 16.7 Å². The van der Waals surface area contributed by atoms with Crippen LogP contribution in [0.2, 0.25) is 0 Å². The van der Waals surface area contributed by atoms with Gasteiger partial charge in [-0.3, -0.25) is 0 Å². The standard InChI is InChI=1S/C21H21N/c22-16-20(17-10-4-1-5-11-17)21(18-12-6-2-7-13-18)19-14-8-3-9-15-19/h1-15,20-21H,16,22H2. The van der Waals surface area contributed by atoms with E-state index in [1.807, 2.05) is 0 Å². The molecule has 0 radical (unpaired) electrons. The van der Waals surface area contributed by atoms with Crippen molar-refractivity contribution in [2.45, 2.75) is 11.8 Å². The van der Waals surface area contributed by atoms with E-state index in [4.69, 9.17) is 5.73 Å². The van der Waals surface area contributed by atoms with Crippen LogP contribution in [-0.2, 0) is 0 Å². The lowest BCUT2D eigenvalue weighted by molar-refractivity contribution is 0.613. The fourth-order valence-electron chi connectivity index (χ4n) is 3.14. The van der Waals surface area contributed by atoms with Gasteiger partial charge in [-0.15, -0.1) is 0 Å². The molecule has 0 amide bonds. The van der Waals surface area contributed by atoms with Crippen molar-refractivity contribution in [3.8, 4) is 0 Å². The third-order valence-electron chi connectivity index (χ3n) is 4.20. The molecule has 0 heterocycles. The van der Waals surface area contributed by atoms with Gasteiger partial charge in [-0.1, -0.05) is 91.0 Å². The van der Waals surface area contributed by atoms with Crippen molar-refractivity contribution in [3.63, 3.8) is 0 Å². The van der Waals surface area contributed by atoms with Gasteiger partial charge in [0.25, 0.3) is 0 Å². The molecular formula is C21H21N. The van der Waals surface area contributed by atoms with Gasteiger partial charge in [0.05, 0.1) is 0 Å². The molecule has 0 aliphatic rings. The highest BCUT2D eigenvalue weighted by atomic mass is 14.6. The van der Waals surface area contributed by atoms with Gasteiger partial charge in [0.1, 0.15) is 0 Å². The molecule has 1 atom stereocenters. The van der Waals surface area contributed by atoms with Crippen molar-refractivity contribution in [2.75, 3.05) is 6.54 Å². The second-order valence-corrected chi connectivity index (χ2v) is 5.55. The van der Waals surface area contributed by atoms with Gasteiger partial charge in [0.2, 0.25) is 0 Å². The Balaban J connectivity index is 2.09. The number of benzene rings is 3. The van der Waals surface area contributed by atoms with Crippen LogP contribution < -0.4 is 5.73 Å². The normalized spacial score (nSPS) is 12.3. The molecule has 0 bridgehead atoms. The average Bonchev–Trinajstić information content (AvgIpc) is 2.62. The Hall–Kier alpha value is -2.38. The first-order chi connectivity index (χ1) is 10.9. The van der Waals surface area contributed by atoms with E-state index in [0.29, 0.717) is 6.54 Å². The summed E-state index contributed by atoms with van der Waals surface area (Å²) in [6, 6.07) is 31.9. The highest BCUT2D eigenvalue weighted by Crippen LogP contribution is 2.37. The molecule has 0 aliphatic carbocycles. The summed E-state index contributed by atoms with van der Waals surface area (Å²) in [7, 11) is 0. The summed E-state index contributed by atoms with van der Waals surface area (Å²) in [4.78, 5) is 0. The monoisotopic (exact) mass is 287 g/mol. The Morgan fingerprint density at radius 3 is 1.27 bits per heavy atom. The van der Waals surface area contributed by atoms with Crippen LogP contribution in [0.15, 0.2) is 91.0 Å². The van der Waals surface area contributed by atoms with Crippen LogP contribution in [0.5, 0.6) is 0 Å². The van der Waals surface area contributed by atoms with Gasteiger partial charge in [0.15, 0.2) is 0 Å². The first kappa shape index (κ1) is 14.6. The smallest absolute Gasteiger partial charge is 0.0170 e. The van der Waals surface area contributed by atoms with E-state index in [1.165, 1.54) is 16.7 Å². The first-order valence-electron chi connectivity index (χ1n) is 7.75. The maximum Gasteiger partial charge on any atom is 0.0170 e. The summed E-state index contributed by atoms with van der Waals surface area (Å²) >= 11 is 0. The van der Waals surface area contributed by atoms with Crippen molar-refractivity contribution in [1.82, 2.24) is 0 Å². The van der Waals surface area contributed by atoms with E-state index >= 15 is 0 Å². The number of nitrogens with two attached hydrogens (primary N) is 1. The minimum atomic E-state index is 0.269. The molecular weight excluding hydrogens is 266 g/mol. The zero-order valence-electron chi connectivity index (χ0n) is 12.6. The average molecular weight is 287 g/mol. The predicted molar refractivity (Wildman–Crippen MR) is 93.0 cm³/mol. The van der Waals surface area contributed by atoms with Crippen LogP contribution in [0.1, 0.15) is 28.5 Å². The lowest BCUT2D eigenvalue weighted by Crippen LogP contribution is -2.21. The van der Waals surface area contributed by atoms with Gasteiger partial charge < -0.3 is 5.73 Å². The van der Waals surface area contributed by atoms with E-state index in [9.17, 15) is 0 Å². The van der Waals surface area contributed by atoms with Crippen molar-refractivity contribution in [3.05, 3.63) is 108 Å². The SMILES string of the molecule is NCC(c1ccccc1)C(c1ccccc1)c1ccccc1. The highest BCUT2D eigenvalue weighted by molar-refractivity contribution is 5.38. The van der Waals surface area contributed by atoms with Crippen LogP contribution >= 0.6 is 0 Å². The van der Waals surface area contributed by atoms with E-state index in [1.54, 1.807) is 0 Å². The molecule has 0 saturated heterocycles. The Kier molecular flexibility index (Phi) is 4.67. The molecule has 1 heteroatoms. The van der Waals surface area contributed by atoms with Crippen LogP contribution in [0.4, 0.5) is 0 Å². The number of rotatable bonds is 5. The van der Waals surface area contributed by atoms with E-state index < -0.39 is 0 Å². The fourth-order valence-corrected chi connectivity index (χ4v) is 3.14. The lowest BCUT2D eigenvalue weighted by atomic mass is 9.77. The molecule has 3 rings (SSSR count).